The molecule has 4 rings (SSSR count). The first-order chi connectivity index (χ1) is 13.5. The van der Waals surface area contributed by atoms with Gasteiger partial charge in [0.1, 0.15) is 5.52 Å². The van der Waals surface area contributed by atoms with Crippen molar-refractivity contribution in [2.24, 2.45) is 12.8 Å². The highest BCUT2D eigenvalue weighted by atomic mass is 32.1. The lowest BCUT2D eigenvalue weighted by Crippen LogP contribution is -2.37. The Hall–Kier alpha value is -2.97. The number of nitrogens with one attached hydrogen (secondary N) is 2. The lowest BCUT2D eigenvalue weighted by Gasteiger charge is -2.08. The Labute approximate surface area is 166 Å². The standard InChI is InChI=1S/C20H22N6OS/c1-11(21)20(27)23-9-12-5-4-6-13(7-12)15-8-14-18(28-15)17-16(19(22-2)25-14)24-10-26(17)3/h4-8,10-11H,9,21H2,1-3H3,(H,22,25)(H,23,27)/t11-/m1/s1. The first kappa shape index (κ1) is 18.4. The van der Waals surface area contributed by atoms with Crippen LogP contribution < -0.4 is 16.4 Å². The highest BCUT2D eigenvalue weighted by molar-refractivity contribution is 7.23. The van der Waals surface area contributed by atoms with Crippen LogP contribution in [-0.4, -0.2) is 33.5 Å². The van der Waals surface area contributed by atoms with Gasteiger partial charge < -0.3 is 20.9 Å². The number of hydrogen-bond acceptors (Lipinski definition) is 6. The summed E-state index contributed by atoms with van der Waals surface area (Å²) in [5, 5.41) is 5.99. The van der Waals surface area contributed by atoms with Crippen LogP contribution in [0, 0.1) is 0 Å². The molecule has 1 amide bonds. The summed E-state index contributed by atoms with van der Waals surface area (Å²) in [4.78, 5) is 22.1. The largest absolute Gasteiger partial charge is 0.371 e. The molecule has 1 atom stereocenters. The smallest absolute Gasteiger partial charge is 0.236 e. The Morgan fingerprint density at radius 3 is 2.93 bits per heavy atom. The number of nitrogens with two attached hydrogens (primary N) is 1. The summed E-state index contributed by atoms with van der Waals surface area (Å²) < 4.78 is 3.14. The molecular formula is C20H22N6OS. The number of anilines is 1. The van der Waals surface area contributed by atoms with Crippen molar-refractivity contribution in [3.8, 4) is 10.4 Å². The second-order valence-electron chi connectivity index (χ2n) is 6.79. The summed E-state index contributed by atoms with van der Waals surface area (Å²) in [5.74, 6) is 0.620. The zero-order valence-electron chi connectivity index (χ0n) is 16.0. The Morgan fingerprint density at radius 2 is 2.18 bits per heavy atom. The molecule has 4 aromatic rings. The maximum atomic E-state index is 11.7. The van der Waals surface area contributed by atoms with E-state index < -0.39 is 6.04 Å². The monoisotopic (exact) mass is 394 g/mol. The van der Waals surface area contributed by atoms with E-state index in [1.807, 2.05) is 37.1 Å². The summed E-state index contributed by atoms with van der Waals surface area (Å²) in [6.07, 6.45) is 1.81. The van der Waals surface area contributed by atoms with Crippen molar-refractivity contribution in [2.75, 3.05) is 12.4 Å². The molecule has 0 fully saturated rings. The molecule has 0 unspecified atom stereocenters. The van der Waals surface area contributed by atoms with Gasteiger partial charge >= 0.3 is 0 Å². The number of aromatic nitrogens is 3. The van der Waals surface area contributed by atoms with E-state index in [4.69, 9.17) is 10.7 Å². The number of carbonyl (C=O) groups is 1. The maximum Gasteiger partial charge on any atom is 0.236 e. The number of nitrogens with zero attached hydrogens (tertiary/aromatic N) is 3. The maximum absolute atomic E-state index is 11.7. The van der Waals surface area contributed by atoms with Crippen LogP contribution in [0.4, 0.5) is 5.82 Å². The van der Waals surface area contributed by atoms with Crippen molar-refractivity contribution in [3.05, 3.63) is 42.2 Å². The molecule has 0 radical (unpaired) electrons. The third kappa shape index (κ3) is 3.21. The first-order valence-electron chi connectivity index (χ1n) is 9.03. The van der Waals surface area contributed by atoms with Crippen LogP contribution in [-0.2, 0) is 18.4 Å². The molecule has 28 heavy (non-hydrogen) atoms. The molecule has 3 aromatic heterocycles. The molecule has 0 saturated carbocycles. The van der Waals surface area contributed by atoms with Gasteiger partial charge in [0.2, 0.25) is 5.91 Å². The summed E-state index contributed by atoms with van der Waals surface area (Å²) in [5.41, 5.74) is 10.6. The minimum Gasteiger partial charge on any atom is -0.371 e. The Kier molecular flexibility index (Phi) is 4.74. The van der Waals surface area contributed by atoms with Crippen molar-refractivity contribution in [2.45, 2.75) is 19.5 Å². The predicted molar refractivity (Wildman–Crippen MR) is 114 cm³/mol. The fourth-order valence-corrected chi connectivity index (χ4v) is 4.36. The van der Waals surface area contributed by atoms with Crippen LogP contribution in [0.1, 0.15) is 12.5 Å². The van der Waals surface area contributed by atoms with Crippen molar-refractivity contribution >= 4 is 44.3 Å². The van der Waals surface area contributed by atoms with Gasteiger partial charge in [0.05, 0.1) is 28.1 Å². The summed E-state index contributed by atoms with van der Waals surface area (Å²) in [6.45, 7) is 2.13. The van der Waals surface area contributed by atoms with Gasteiger partial charge in [-0.3, -0.25) is 4.79 Å². The average molecular weight is 395 g/mol. The molecule has 4 N–H and O–H groups in total. The molecule has 0 aliphatic carbocycles. The van der Waals surface area contributed by atoms with E-state index in [-0.39, 0.29) is 5.91 Å². The van der Waals surface area contributed by atoms with Gasteiger partial charge in [-0.15, -0.1) is 11.3 Å². The summed E-state index contributed by atoms with van der Waals surface area (Å²) in [7, 11) is 3.85. The molecule has 3 heterocycles. The van der Waals surface area contributed by atoms with Crippen LogP contribution in [0.2, 0.25) is 0 Å². The molecule has 0 saturated heterocycles. The van der Waals surface area contributed by atoms with Gasteiger partial charge in [0.15, 0.2) is 5.82 Å². The van der Waals surface area contributed by atoms with Gasteiger partial charge in [-0.1, -0.05) is 18.2 Å². The normalized spacial score (nSPS) is 12.4. The highest BCUT2D eigenvalue weighted by Crippen LogP contribution is 2.38. The highest BCUT2D eigenvalue weighted by Gasteiger charge is 2.16. The van der Waals surface area contributed by atoms with Crippen molar-refractivity contribution in [1.82, 2.24) is 19.9 Å². The van der Waals surface area contributed by atoms with Crippen LogP contribution in [0.5, 0.6) is 0 Å². The lowest BCUT2D eigenvalue weighted by atomic mass is 10.1. The van der Waals surface area contributed by atoms with Gasteiger partial charge in [0.25, 0.3) is 0 Å². The Morgan fingerprint density at radius 1 is 1.36 bits per heavy atom. The molecule has 0 spiro atoms. The van der Waals surface area contributed by atoms with Crippen LogP contribution in [0.15, 0.2) is 36.7 Å². The molecular weight excluding hydrogens is 372 g/mol. The van der Waals surface area contributed by atoms with E-state index >= 15 is 0 Å². The van der Waals surface area contributed by atoms with E-state index in [1.165, 1.54) is 0 Å². The number of imidazole rings is 1. The third-order valence-corrected chi connectivity index (χ3v) is 5.83. The molecule has 0 bridgehead atoms. The average Bonchev–Trinajstić information content (AvgIpc) is 3.29. The second kappa shape index (κ2) is 7.21. The number of amides is 1. The van der Waals surface area contributed by atoms with E-state index in [2.05, 4.69) is 33.8 Å². The lowest BCUT2D eigenvalue weighted by molar-refractivity contribution is -0.122. The zero-order valence-corrected chi connectivity index (χ0v) is 16.8. The minimum absolute atomic E-state index is 0.158. The van der Waals surface area contributed by atoms with Crippen molar-refractivity contribution in [1.29, 1.82) is 0 Å². The Balaban J connectivity index is 1.74. The molecule has 7 nitrogen and oxygen atoms in total. The molecule has 0 aliphatic rings. The fraction of sp³-hybridized carbons (Fsp3) is 0.250. The number of pyridine rings is 1. The second-order valence-corrected chi connectivity index (χ2v) is 7.85. The topological polar surface area (TPSA) is 97.9 Å². The van der Waals surface area contributed by atoms with Crippen molar-refractivity contribution in [3.63, 3.8) is 0 Å². The SMILES string of the molecule is CNc1nc2cc(-c3cccc(CNC(=O)[C@@H](C)N)c3)sc2c2c1ncn2C. The van der Waals surface area contributed by atoms with E-state index in [0.717, 1.165) is 43.1 Å². The van der Waals surface area contributed by atoms with Crippen molar-refractivity contribution < 1.29 is 4.79 Å². The van der Waals surface area contributed by atoms with E-state index in [0.29, 0.717) is 6.54 Å². The number of hydrogen-bond donors (Lipinski definition) is 3. The number of benzene rings is 1. The Bertz CT molecular complexity index is 1180. The van der Waals surface area contributed by atoms with Crippen LogP contribution in [0.3, 0.4) is 0 Å². The van der Waals surface area contributed by atoms with Crippen LogP contribution in [0.25, 0.3) is 31.7 Å². The number of thiophene rings is 1. The van der Waals surface area contributed by atoms with E-state index in [1.54, 1.807) is 18.3 Å². The molecule has 8 heteroatoms. The fourth-order valence-electron chi connectivity index (χ4n) is 3.18. The predicted octanol–water partition coefficient (Wildman–Crippen LogP) is 2.86. The zero-order chi connectivity index (χ0) is 19.8. The quantitative estimate of drug-likeness (QED) is 0.484. The number of fused-ring (bicyclic) bond motifs is 3. The third-order valence-electron chi connectivity index (χ3n) is 4.65. The van der Waals surface area contributed by atoms with Gasteiger partial charge in [-0.05, 0) is 30.2 Å². The number of aryl methyl sites for hydroxylation is 1. The van der Waals surface area contributed by atoms with E-state index in [9.17, 15) is 4.79 Å². The van der Waals surface area contributed by atoms with Gasteiger partial charge in [0, 0.05) is 25.5 Å². The summed E-state index contributed by atoms with van der Waals surface area (Å²) >= 11 is 1.70. The minimum atomic E-state index is -0.514. The number of rotatable bonds is 5. The first-order valence-corrected chi connectivity index (χ1v) is 9.84. The molecule has 144 valence electrons. The van der Waals surface area contributed by atoms with Gasteiger partial charge in [-0.2, -0.15) is 0 Å². The van der Waals surface area contributed by atoms with Gasteiger partial charge in [-0.25, -0.2) is 9.97 Å². The number of carbonyl (C=O) groups excluding carboxylic acids is 1. The van der Waals surface area contributed by atoms with Crippen LogP contribution >= 0.6 is 11.3 Å². The molecule has 1 aromatic carbocycles. The molecule has 0 aliphatic heterocycles. The summed E-state index contributed by atoms with van der Waals surface area (Å²) in [6, 6.07) is 9.74.